The first kappa shape index (κ1) is 17.5. The lowest BCUT2D eigenvalue weighted by Gasteiger charge is -2.21. The maximum Gasteiger partial charge on any atom is 0.418 e. The van der Waals surface area contributed by atoms with E-state index in [2.05, 4.69) is 0 Å². The molecule has 0 fully saturated rings. The lowest BCUT2D eigenvalue weighted by molar-refractivity contribution is -0.224. The van der Waals surface area contributed by atoms with E-state index < -0.39 is 18.2 Å². The van der Waals surface area contributed by atoms with Gasteiger partial charge in [0.05, 0.1) is 5.56 Å². The number of hydrogen-bond acceptors (Lipinski definition) is 2. The number of halogens is 3. The molecule has 0 bridgehead atoms. The van der Waals surface area contributed by atoms with Crippen molar-refractivity contribution in [3.05, 3.63) is 35.4 Å². The molecule has 0 spiro atoms. The zero-order chi connectivity index (χ0) is 15.9. The minimum atomic E-state index is -4.52. The summed E-state index contributed by atoms with van der Waals surface area (Å²) in [4.78, 5) is 10.7. The molecule has 0 aliphatic rings. The van der Waals surface area contributed by atoms with Crippen LogP contribution in [0.5, 0.6) is 0 Å². The van der Waals surface area contributed by atoms with Gasteiger partial charge in [-0.3, -0.25) is 0 Å². The monoisotopic (exact) mass is 304 g/mol. The maximum absolute atomic E-state index is 13.0. The van der Waals surface area contributed by atoms with Crippen LogP contribution >= 0.6 is 0 Å². The van der Waals surface area contributed by atoms with Crippen LogP contribution in [0.4, 0.5) is 13.2 Å². The summed E-state index contributed by atoms with van der Waals surface area (Å²) in [5.41, 5.74) is -0.134. The zero-order valence-corrected chi connectivity index (χ0v) is 11.8. The Hall–Kier alpha value is -1.56. The number of carbonyl (C=O) groups is 1. The highest BCUT2D eigenvalue weighted by Crippen LogP contribution is 2.36. The first-order valence-electron chi connectivity index (χ1n) is 6.87. The summed E-state index contributed by atoms with van der Waals surface area (Å²) in [6.45, 7) is 2.05. The third kappa shape index (κ3) is 5.75. The van der Waals surface area contributed by atoms with Crippen LogP contribution in [0, 0.1) is 0 Å². The van der Waals surface area contributed by atoms with Crippen LogP contribution in [-0.4, -0.2) is 23.9 Å². The zero-order valence-electron chi connectivity index (χ0n) is 11.8. The lowest BCUT2D eigenvalue weighted by Crippen LogP contribution is -2.24. The van der Waals surface area contributed by atoms with E-state index in [0.717, 1.165) is 43.5 Å². The number of ether oxygens (including phenoxy) is 1. The second-order valence-electron chi connectivity index (χ2n) is 4.78. The topological polar surface area (TPSA) is 46.5 Å². The van der Waals surface area contributed by atoms with Gasteiger partial charge in [0.25, 0.3) is 0 Å². The smallest absolute Gasteiger partial charge is 0.418 e. The van der Waals surface area contributed by atoms with E-state index in [1.54, 1.807) is 0 Å². The molecule has 1 atom stereocenters. The van der Waals surface area contributed by atoms with Gasteiger partial charge in [0, 0.05) is 6.61 Å². The molecule has 0 aliphatic heterocycles. The van der Waals surface area contributed by atoms with E-state index in [1.165, 1.54) is 0 Å². The molecular formula is C15H19F3O3. The highest BCUT2D eigenvalue weighted by Gasteiger charge is 2.41. The highest BCUT2D eigenvalue weighted by molar-refractivity contribution is 5.87. The number of hydrogen-bond donors (Lipinski definition) is 1. The van der Waals surface area contributed by atoms with Crippen LogP contribution in [0.15, 0.2) is 24.3 Å². The van der Waals surface area contributed by atoms with Crippen LogP contribution in [0.2, 0.25) is 0 Å². The van der Waals surface area contributed by atoms with Gasteiger partial charge < -0.3 is 9.84 Å². The van der Waals surface area contributed by atoms with E-state index >= 15 is 0 Å². The fourth-order valence-electron chi connectivity index (χ4n) is 1.91. The molecule has 1 aromatic rings. The molecular weight excluding hydrogens is 285 g/mol. The van der Waals surface area contributed by atoms with Gasteiger partial charge >= 0.3 is 12.1 Å². The molecule has 0 radical (unpaired) electrons. The van der Waals surface area contributed by atoms with Gasteiger partial charge in [-0.2, -0.15) is 13.2 Å². The van der Waals surface area contributed by atoms with Crippen molar-refractivity contribution in [2.24, 2.45) is 0 Å². The van der Waals surface area contributed by atoms with Crippen LogP contribution in [0.3, 0.4) is 0 Å². The Morgan fingerprint density at radius 2 is 1.81 bits per heavy atom. The normalized spacial score (nSPS) is 13.1. The number of benzene rings is 1. The number of carboxylic acid groups (broad SMARTS) is 1. The molecule has 6 heteroatoms. The van der Waals surface area contributed by atoms with Crippen molar-refractivity contribution in [2.75, 3.05) is 6.61 Å². The average molecular weight is 304 g/mol. The maximum atomic E-state index is 13.0. The second-order valence-corrected chi connectivity index (χ2v) is 4.78. The van der Waals surface area contributed by atoms with E-state index in [1.807, 2.05) is 6.92 Å². The number of aromatic carboxylic acids is 1. The number of rotatable bonds is 8. The molecule has 118 valence electrons. The summed E-state index contributed by atoms with van der Waals surface area (Å²) in [6, 6.07) is 4.59. The van der Waals surface area contributed by atoms with Crippen molar-refractivity contribution < 1.29 is 27.8 Å². The van der Waals surface area contributed by atoms with E-state index in [0.29, 0.717) is 6.42 Å². The molecule has 0 saturated carbocycles. The molecule has 3 nitrogen and oxygen atoms in total. The van der Waals surface area contributed by atoms with Crippen molar-refractivity contribution in [1.29, 1.82) is 0 Å². The SMILES string of the molecule is CCCCCCOC(c1ccc(C(=O)O)cc1)C(F)(F)F. The minimum Gasteiger partial charge on any atom is -0.478 e. The summed E-state index contributed by atoms with van der Waals surface area (Å²) < 4.78 is 44.0. The fraction of sp³-hybridized carbons (Fsp3) is 0.533. The Bertz CT molecular complexity index is 440. The van der Waals surface area contributed by atoms with Crippen molar-refractivity contribution in [3.63, 3.8) is 0 Å². The second kappa shape index (κ2) is 8.02. The molecule has 0 amide bonds. The average Bonchev–Trinajstić information content (AvgIpc) is 2.41. The Labute approximate surface area is 121 Å². The Morgan fingerprint density at radius 3 is 2.29 bits per heavy atom. The van der Waals surface area contributed by atoms with E-state index in [4.69, 9.17) is 9.84 Å². The fourth-order valence-corrected chi connectivity index (χ4v) is 1.91. The molecule has 1 N–H and O–H groups in total. The molecule has 1 unspecified atom stereocenters. The number of unbranched alkanes of at least 4 members (excludes halogenated alkanes) is 3. The Morgan fingerprint density at radius 1 is 1.19 bits per heavy atom. The van der Waals surface area contributed by atoms with Gasteiger partial charge in [-0.1, -0.05) is 38.3 Å². The Kier molecular flexibility index (Phi) is 6.68. The van der Waals surface area contributed by atoms with Crippen LogP contribution < -0.4 is 0 Å². The van der Waals surface area contributed by atoms with Crippen LogP contribution in [-0.2, 0) is 4.74 Å². The standard InChI is InChI=1S/C15H19F3O3/c1-2-3-4-5-10-21-13(15(16,17)18)11-6-8-12(9-7-11)14(19)20/h6-9,13H,2-5,10H2,1H3,(H,19,20). The van der Waals surface area contributed by atoms with Gasteiger partial charge in [-0.05, 0) is 24.1 Å². The molecule has 21 heavy (non-hydrogen) atoms. The predicted molar refractivity (Wildman–Crippen MR) is 72.3 cm³/mol. The van der Waals surface area contributed by atoms with E-state index in [9.17, 15) is 18.0 Å². The molecule has 1 rings (SSSR count). The molecule has 0 saturated heterocycles. The number of alkyl halides is 3. The van der Waals surface area contributed by atoms with Crippen molar-refractivity contribution >= 4 is 5.97 Å². The van der Waals surface area contributed by atoms with Gasteiger partial charge in [-0.15, -0.1) is 0 Å². The molecule has 1 aromatic carbocycles. The Balaban J connectivity index is 2.71. The van der Waals surface area contributed by atoms with Crippen molar-refractivity contribution in [3.8, 4) is 0 Å². The third-order valence-electron chi connectivity index (χ3n) is 3.04. The summed E-state index contributed by atoms with van der Waals surface area (Å²) in [7, 11) is 0. The van der Waals surface area contributed by atoms with Gasteiger partial charge in [0.15, 0.2) is 6.10 Å². The van der Waals surface area contributed by atoms with Crippen molar-refractivity contribution in [2.45, 2.75) is 44.9 Å². The third-order valence-corrected chi connectivity index (χ3v) is 3.04. The van der Waals surface area contributed by atoms with E-state index in [-0.39, 0.29) is 17.7 Å². The summed E-state index contributed by atoms with van der Waals surface area (Å²) >= 11 is 0. The largest absolute Gasteiger partial charge is 0.478 e. The summed E-state index contributed by atoms with van der Waals surface area (Å²) in [5, 5.41) is 8.74. The van der Waals surface area contributed by atoms with Gasteiger partial charge in [-0.25, -0.2) is 4.79 Å². The summed E-state index contributed by atoms with van der Waals surface area (Å²) in [5.74, 6) is -1.18. The number of carboxylic acids is 1. The lowest BCUT2D eigenvalue weighted by atomic mass is 10.1. The highest BCUT2D eigenvalue weighted by atomic mass is 19.4. The van der Waals surface area contributed by atoms with Crippen LogP contribution in [0.25, 0.3) is 0 Å². The van der Waals surface area contributed by atoms with Gasteiger partial charge in [0.2, 0.25) is 0 Å². The quantitative estimate of drug-likeness (QED) is 0.715. The molecule has 0 heterocycles. The van der Waals surface area contributed by atoms with Crippen molar-refractivity contribution in [1.82, 2.24) is 0 Å². The molecule has 0 aromatic heterocycles. The molecule has 0 aliphatic carbocycles. The predicted octanol–water partition coefficient (Wildman–Crippen LogP) is 4.59. The first-order chi connectivity index (χ1) is 9.86. The summed E-state index contributed by atoms with van der Waals surface area (Å²) in [6.07, 6.45) is -3.16. The van der Waals surface area contributed by atoms with Crippen LogP contribution in [0.1, 0.15) is 54.6 Å². The first-order valence-corrected chi connectivity index (χ1v) is 6.87. The van der Waals surface area contributed by atoms with Gasteiger partial charge in [0.1, 0.15) is 0 Å². The minimum absolute atomic E-state index is 0.0326.